The van der Waals surface area contributed by atoms with E-state index in [1.165, 1.54) is 11.8 Å². The summed E-state index contributed by atoms with van der Waals surface area (Å²) in [5, 5.41) is 6.04. The number of halogens is 1. The first-order valence-corrected chi connectivity index (χ1v) is 9.57. The van der Waals surface area contributed by atoms with E-state index in [1.807, 2.05) is 13.0 Å². The molecule has 1 aliphatic heterocycles. The molecule has 0 fully saturated rings. The SMILES string of the molecule is C[C@@H](NC(=O)COC(=O)c1ccc2c(c1)NC(=O)CS2)c1cccc(Cl)c1. The minimum absolute atomic E-state index is 0.118. The molecule has 2 aromatic carbocycles. The van der Waals surface area contributed by atoms with E-state index in [1.54, 1.807) is 36.4 Å². The van der Waals surface area contributed by atoms with Crippen molar-refractivity contribution in [1.82, 2.24) is 5.32 Å². The van der Waals surface area contributed by atoms with Crippen molar-refractivity contribution in [3.05, 3.63) is 58.6 Å². The number of nitrogens with one attached hydrogen (secondary N) is 2. The third-order valence-electron chi connectivity index (χ3n) is 3.91. The largest absolute Gasteiger partial charge is 0.452 e. The average molecular weight is 405 g/mol. The van der Waals surface area contributed by atoms with Crippen LogP contribution in [0.3, 0.4) is 0 Å². The Morgan fingerprint density at radius 1 is 1.30 bits per heavy atom. The molecule has 2 amide bonds. The molecule has 0 saturated carbocycles. The molecule has 8 heteroatoms. The summed E-state index contributed by atoms with van der Waals surface area (Å²) in [7, 11) is 0. The summed E-state index contributed by atoms with van der Waals surface area (Å²) in [6.07, 6.45) is 0. The van der Waals surface area contributed by atoms with Crippen LogP contribution in [0.5, 0.6) is 0 Å². The van der Waals surface area contributed by atoms with Crippen LogP contribution in [-0.2, 0) is 14.3 Å². The van der Waals surface area contributed by atoms with Gasteiger partial charge in [-0.15, -0.1) is 11.8 Å². The molecule has 3 rings (SSSR count). The van der Waals surface area contributed by atoms with Crippen LogP contribution in [0.2, 0.25) is 5.02 Å². The van der Waals surface area contributed by atoms with Gasteiger partial charge in [0.25, 0.3) is 5.91 Å². The van der Waals surface area contributed by atoms with Crippen molar-refractivity contribution in [1.29, 1.82) is 0 Å². The van der Waals surface area contributed by atoms with E-state index >= 15 is 0 Å². The molecule has 0 bridgehead atoms. The number of hydrogen-bond acceptors (Lipinski definition) is 5. The van der Waals surface area contributed by atoms with Crippen molar-refractivity contribution in [2.75, 3.05) is 17.7 Å². The van der Waals surface area contributed by atoms with Gasteiger partial charge in [0.05, 0.1) is 23.0 Å². The topological polar surface area (TPSA) is 84.5 Å². The number of esters is 1. The van der Waals surface area contributed by atoms with Crippen molar-refractivity contribution >= 4 is 46.8 Å². The van der Waals surface area contributed by atoms with Crippen LogP contribution in [-0.4, -0.2) is 30.1 Å². The number of hydrogen-bond donors (Lipinski definition) is 2. The monoisotopic (exact) mass is 404 g/mol. The number of anilines is 1. The molecule has 1 aliphatic rings. The van der Waals surface area contributed by atoms with Crippen molar-refractivity contribution < 1.29 is 19.1 Å². The molecular formula is C19H17ClN2O4S. The fraction of sp³-hybridized carbons (Fsp3) is 0.211. The van der Waals surface area contributed by atoms with Crippen molar-refractivity contribution in [3.63, 3.8) is 0 Å². The maximum absolute atomic E-state index is 12.2. The summed E-state index contributed by atoms with van der Waals surface area (Å²) in [6, 6.07) is 11.8. The molecule has 0 aromatic heterocycles. The standard InChI is InChI=1S/C19H17ClN2O4S/c1-11(12-3-2-4-14(20)7-12)21-17(23)9-26-19(25)13-5-6-16-15(8-13)22-18(24)10-27-16/h2-8,11H,9-10H2,1H3,(H,21,23)(H,22,24)/t11-/m1/s1. The van der Waals surface area contributed by atoms with Gasteiger partial charge in [-0.2, -0.15) is 0 Å². The second-order valence-corrected chi connectivity index (χ2v) is 7.42. The normalized spacial score (nSPS) is 13.9. The zero-order valence-corrected chi connectivity index (χ0v) is 16.0. The Morgan fingerprint density at radius 3 is 2.89 bits per heavy atom. The van der Waals surface area contributed by atoms with Gasteiger partial charge in [0.1, 0.15) is 0 Å². The number of carbonyl (C=O) groups excluding carboxylic acids is 3. The molecular weight excluding hydrogens is 388 g/mol. The Bertz CT molecular complexity index is 903. The highest BCUT2D eigenvalue weighted by Gasteiger charge is 2.19. The summed E-state index contributed by atoms with van der Waals surface area (Å²) in [6.45, 7) is 1.41. The fourth-order valence-corrected chi connectivity index (χ4v) is 3.55. The van der Waals surface area contributed by atoms with Crippen molar-refractivity contribution in [2.24, 2.45) is 0 Å². The molecule has 1 heterocycles. The third kappa shape index (κ3) is 5.02. The molecule has 6 nitrogen and oxygen atoms in total. The maximum atomic E-state index is 12.2. The van der Waals surface area contributed by atoms with Crippen molar-refractivity contribution in [3.8, 4) is 0 Å². The summed E-state index contributed by atoms with van der Waals surface area (Å²) >= 11 is 7.35. The van der Waals surface area contributed by atoms with E-state index < -0.39 is 18.5 Å². The zero-order chi connectivity index (χ0) is 19.4. The lowest BCUT2D eigenvalue weighted by Crippen LogP contribution is -2.31. The summed E-state index contributed by atoms with van der Waals surface area (Å²) < 4.78 is 5.07. The predicted molar refractivity (Wildman–Crippen MR) is 104 cm³/mol. The molecule has 0 radical (unpaired) electrons. The number of carbonyl (C=O) groups is 3. The highest BCUT2D eigenvalue weighted by molar-refractivity contribution is 8.00. The van der Waals surface area contributed by atoms with E-state index in [0.717, 1.165) is 10.5 Å². The van der Waals surface area contributed by atoms with Gasteiger partial charge in [0.15, 0.2) is 6.61 Å². The molecule has 0 aliphatic carbocycles. The number of fused-ring (bicyclic) bond motifs is 1. The van der Waals surface area contributed by atoms with Crippen LogP contribution < -0.4 is 10.6 Å². The minimum Gasteiger partial charge on any atom is -0.452 e. The minimum atomic E-state index is -0.631. The van der Waals surface area contributed by atoms with E-state index in [2.05, 4.69) is 10.6 Å². The van der Waals surface area contributed by atoms with Crippen LogP contribution in [0.1, 0.15) is 28.9 Å². The van der Waals surface area contributed by atoms with Crippen LogP contribution in [0.4, 0.5) is 5.69 Å². The van der Waals surface area contributed by atoms with E-state index in [0.29, 0.717) is 16.5 Å². The summed E-state index contributed by atoms with van der Waals surface area (Å²) in [4.78, 5) is 36.6. The van der Waals surface area contributed by atoms with Crippen LogP contribution in [0.15, 0.2) is 47.4 Å². The van der Waals surface area contributed by atoms with Gasteiger partial charge >= 0.3 is 5.97 Å². The van der Waals surface area contributed by atoms with E-state index in [9.17, 15) is 14.4 Å². The second kappa shape index (κ2) is 8.45. The van der Waals surface area contributed by atoms with Gasteiger partial charge in [-0.1, -0.05) is 23.7 Å². The predicted octanol–water partition coefficient (Wildman–Crippen LogP) is 3.42. The number of rotatable bonds is 5. The summed E-state index contributed by atoms with van der Waals surface area (Å²) in [5.41, 5.74) is 1.70. The first-order chi connectivity index (χ1) is 12.9. The molecule has 0 unspecified atom stereocenters. The van der Waals surface area contributed by atoms with Crippen molar-refractivity contribution in [2.45, 2.75) is 17.9 Å². The molecule has 140 valence electrons. The molecule has 1 atom stereocenters. The first-order valence-electron chi connectivity index (χ1n) is 8.21. The van der Waals surface area contributed by atoms with Gasteiger partial charge in [-0.25, -0.2) is 4.79 Å². The fourth-order valence-electron chi connectivity index (χ4n) is 2.57. The van der Waals surface area contributed by atoms with Crippen LogP contribution >= 0.6 is 23.4 Å². The van der Waals surface area contributed by atoms with Crippen LogP contribution in [0, 0.1) is 0 Å². The molecule has 0 spiro atoms. The lowest BCUT2D eigenvalue weighted by Gasteiger charge is -2.17. The summed E-state index contributed by atoms with van der Waals surface area (Å²) in [5.74, 6) is -0.819. The Balaban J connectivity index is 1.55. The number of benzene rings is 2. The lowest BCUT2D eigenvalue weighted by molar-refractivity contribution is -0.124. The number of thioether (sulfide) groups is 1. The second-order valence-electron chi connectivity index (χ2n) is 5.97. The number of ether oxygens (including phenoxy) is 1. The van der Waals surface area contributed by atoms with Gasteiger partial charge in [-0.05, 0) is 42.8 Å². The average Bonchev–Trinajstić information content (AvgIpc) is 2.65. The van der Waals surface area contributed by atoms with Gasteiger partial charge < -0.3 is 15.4 Å². The quantitative estimate of drug-likeness (QED) is 0.746. The Kier molecular flexibility index (Phi) is 6.03. The van der Waals surface area contributed by atoms with Gasteiger partial charge in [0.2, 0.25) is 5.91 Å². The van der Waals surface area contributed by atoms with E-state index in [4.69, 9.17) is 16.3 Å². The van der Waals surface area contributed by atoms with E-state index in [-0.39, 0.29) is 17.5 Å². The molecule has 27 heavy (non-hydrogen) atoms. The third-order valence-corrected chi connectivity index (χ3v) is 5.22. The maximum Gasteiger partial charge on any atom is 0.338 e. The Labute approximate surface area is 165 Å². The highest BCUT2D eigenvalue weighted by Crippen LogP contribution is 2.32. The molecule has 2 aromatic rings. The van der Waals surface area contributed by atoms with Gasteiger partial charge in [0, 0.05) is 9.92 Å². The zero-order valence-electron chi connectivity index (χ0n) is 14.5. The molecule has 2 N–H and O–H groups in total. The van der Waals surface area contributed by atoms with Crippen LogP contribution in [0.25, 0.3) is 0 Å². The smallest absolute Gasteiger partial charge is 0.338 e. The molecule has 0 saturated heterocycles. The first kappa shape index (κ1) is 19.3. The highest BCUT2D eigenvalue weighted by atomic mass is 35.5. The van der Waals surface area contributed by atoms with Gasteiger partial charge in [-0.3, -0.25) is 9.59 Å². The lowest BCUT2D eigenvalue weighted by atomic mass is 10.1. The Hall–Kier alpha value is -2.51. The number of amides is 2. The Morgan fingerprint density at radius 2 is 2.11 bits per heavy atom.